The van der Waals surface area contributed by atoms with Crippen molar-refractivity contribution < 1.29 is 4.39 Å². The highest BCUT2D eigenvalue weighted by atomic mass is 32.1. The van der Waals surface area contributed by atoms with E-state index in [0.29, 0.717) is 10.8 Å². The lowest BCUT2D eigenvalue weighted by molar-refractivity contribution is 0.577. The first-order valence-electron chi connectivity index (χ1n) is 8.80. The fourth-order valence-corrected chi connectivity index (χ4v) is 3.41. The van der Waals surface area contributed by atoms with E-state index in [0.717, 1.165) is 18.7 Å². The molecule has 1 heterocycles. The van der Waals surface area contributed by atoms with E-state index in [4.69, 9.17) is 12.2 Å². The van der Waals surface area contributed by atoms with E-state index in [1.54, 1.807) is 18.2 Å². The van der Waals surface area contributed by atoms with Crippen molar-refractivity contribution in [1.29, 1.82) is 0 Å². The summed E-state index contributed by atoms with van der Waals surface area (Å²) < 4.78 is 13.7. The molecule has 0 aliphatic carbocycles. The maximum atomic E-state index is 13.7. The van der Waals surface area contributed by atoms with Crippen LogP contribution in [0.5, 0.6) is 0 Å². The van der Waals surface area contributed by atoms with Gasteiger partial charge in [0.25, 0.3) is 0 Å². The Labute approximate surface area is 154 Å². The van der Waals surface area contributed by atoms with Crippen molar-refractivity contribution in [3.63, 3.8) is 0 Å². The topological polar surface area (TPSA) is 27.3 Å². The molecule has 0 radical (unpaired) electrons. The number of piperidine rings is 1. The first-order chi connectivity index (χ1) is 12.1. The van der Waals surface area contributed by atoms with Gasteiger partial charge in [-0.3, -0.25) is 0 Å². The van der Waals surface area contributed by atoms with Crippen LogP contribution in [0.3, 0.4) is 0 Å². The number of nitrogens with zero attached hydrogens (tertiary/aromatic N) is 1. The number of hydrogen-bond acceptors (Lipinski definition) is 2. The molecule has 5 heteroatoms. The zero-order valence-corrected chi connectivity index (χ0v) is 15.3. The van der Waals surface area contributed by atoms with Crippen molar-refractivity contribution in [3.05, 3.63) is 59.9 Å². The fraction of sp³-hybridized carbons (Fsp3) is 0.350. The summed E-state index contributed by atoms with van der Waals surface area (Å²) in [7, 11) is 0. The van der Waals surface area contributed by atoms with Crippen LogP contribution in [0.2, 0.25) is 0 Å². The van der Waals surface area contributed by atoms with Gasteiger partial charge < -0.3 is 15.5 Å². The van der Waals surface area contributed by atoms with Crippen molar-refractivity contribution in [2.45, 2.75) is 32.2 Å². The summed E-state index contributed by atoms with van der Waals surface area (Å²) in [6, 6.07) is 15.2. The summed E-state index contributed by atoms with van der Waals surface area (Å²) in [5.74, 6) is -0.315. The van der Waals surface area contributed by atoms with Crippen LogP contribution in [0.15, 0.2) is 48.5 Å². The van der Waals surface area contributed by atoms with Crippen LogP contribution in [0.1, 0.15) is 37.8 Å². The number of nitrogens with one attached hydrogen (secondary N) is 2. The molecule has 0 spiro atoms. The number of hydrogen-bond donors (Lipinski definition) is 2. The van der Waals surface area contributed by atoms with Gasteiger partial charge in [-0.25, -0.2) is 4.39 Å². The maximum Gasteiger partial charge on any atom is 0.171 e. The van der Waals surface area contributed by atoms with Crippen LogP contribution in [0, 0.1) is 5.82 Å². The van der Waals surface area contributed by atoms with E-state index in [1.807, 2.05) is 6.92 Å². The second kappa shape index (κ2) is 8.30. The highest BCUT2D eigenvalue weighted by molar-refractivity contribution is 7.80. The molecular weight excluding hydrogens is 333 g/mol. The molecule has 0 amide bonds. The molecule has 1 atom stereocenters. The molecular formula is C20H24FN3S. The minimum absolute atomic E-state index is 0.0437. The normalized spacial score (nSPS) is 15.5. The number of para-hydroxylation sites is 1. The van der Waals surface area contributed by atoms with E-state index in [9.17, 15) is 4.39 Å². The SMILES string of the molecule is C[C@H](NC(=S)Nc1ccccc1F)c1ccc(N2CCCCC2)cc1. The third-order valence-electron chi connectivity index (χ3n) is 4.58. The van der Waals surface area contributed by atoms with Crippen LogP contribution in [-0.2, 0) is 0 Å². The maximum absolute atomic E-state index is 13.7. The molecule has 1 fully saturated rings. The Morgan fingerprint density at radius 1 is 1.04 bits per heavy atom. The van der Waals surface area contributed by atoms with E-state index in [-0.39, 0.29) is 11.9 Å². The highest BCUT2D eigenvalue weighted by Gasteiger charge is 2.12. The summed E-state index contributed by atoms with van der Waals surface area (Å²) in [6.07, 6.45) is 3.88. The van der Waals surface area contributed by atoms with E-state index < -0.39 is 0 Å². The van der Waals surface area contributed by atoms with E-state index in [1.165, 1.54) is 31.0 Å². The second-order valence-electron chi connectivity index (χ2n) is 6.44. The zero-order chi connectivity index (χ0) is 17.6. The molecule has 2 aromatic carbocycles. The van der Waals surface area contributed by atoms with Gasteiger partial charge in [-0.05, 0) is 68.2 Å². The molecule has 1 aliphatic rings. The van der Waals surface area contributed by atoms with Gasteiger partial charge in [0.2, 0.25) is 0 Å². The predicted molar refractivity (Wildman–Crippen MR) is 107 cm³/mol. The number of benzene rings is 2. The molecule has 3 rings (SSSR count). The molecule has 0 unspecified atom stereocenters. The minimum atomic E-state index is -0.315. The summed E-state index contributed by atoms with van der Waals surface area (Å²) in [5, 5.41) is 6.54. The zero-order valence-electron chi connectivity index (χ0n) is 14.5. The molecule has 0 aromatic heterocycles. The molecule has 2 aromatic rings. The fourth-order valence-electron chi connectivity index (χ4n) is 3.13. The van der Waals surface area contributed by atoms with Gasteiger partial charge in [0.15, 0.2) is 5.11 Å². The Hall–Kier alpha value is -2.14. The average molecular weight is 357 g/mol. The first-order valence-corrected chi connectivity index (χ1v) is 9.21. The Morgan fingerprint density at radius 3 is 2.40 bits per heavy atom. The van der Waals surface area contributed by atoms with Crippen molar-refractivity contribution in [2.75, 3.05) is 23.3 Å². The van der Waals surface area contributed by atoms with Crippen LogP contribution >= 0.6 is 12.2 Å². The van der Waals surface area contributed by atoms with Gasteiger partial charge in [-0.2, -0.15) is 0 Å². The number of anilines is 2. The standard InChI is InChI=1S/C20H24FN3S/c1-15(22-20(25)23-19-8-4-3-7-18(19)21)16-9-11-17(12-10-16)24-13-5-2-6-14-24/h3-4,7-12,15H,2,5-6,13-14H2,1H3,(H2,22,23,25)/t15-/m0/s1. The lowest BCUT2D eigenvalue weighted by Crippen LogP contribution is -2.31. The Morgan fingerprint density at radius 2 is 1.72 bits per heavy atom. The second-order valence-corrected chi connectivity index (χ2v) is 6.85. The Bertz CT molecular complexity index is 711. The molecule has 0 bridgehead atoms. The quantitative estimate of drug-likeness (QED) is 0.764. The summed E-state index contributed by atoms with van der Waals surface area (Å²) in [4.78, 5) is 2.44. The van der Waals surface area contributed by atoms with Crippen LogP contribution in [-0.4, -0.2) is 18.2 Å². The summed E-state index contributed by atoms with van der Waals surface area (Å²) >= 11 is 5.30. The summed E-state index contributed by atoms with van der Waals surface area (Å²) in [6.45, 7) is 4.33. The van der Waals surface area contributed by atoms with Crippen LogP contribution < -0.4 is 15.5 Å². The molecule has 132 valence electrons. The third-order valence-corrected chi connectivity index (χ3v) is 4.80. The lowest BCUT2D eigenvalue weighted by Gasteiger charge is -2.29. The van der Waals surface area contributed by atoms with Gasteiger partial charge in [-0.1, -0.05) is 24.3 Å². The molecule has 25 heavy (non-hydrogen) atoms. The van der Waals surface area contributed by atoms with Crippen molar-refractivity contribution in [3.8, 4) is 0 Å². The average Bonchev–Trinajstić information content (AvgIpc) is 2.64. The smallest absolute Gasteiger partial charge is 0.171 e. The lowest BCUT2D eigenvalue weighted by atomic mass is 10.1. The molecule has 3 nitrogen and oxygen atoms in total. The van der Waals surface area contributed by atoms with Gasteiger partial charge in [0, 0.05) is 18.8 Å². The van der Waals surface area contributed by atoms with Crippen molar-refractivity contribution in [1.82, 2.24) is 5.32 Å². The van der Waals surface area contributed by atoms with E-state index in [2.05, 4.69) is 39.8 Å². The monoisotopic (exact) mass is 357 g/mol. The Balaban J connectivity index is 1.58. The molecule has 1 saturated heterocycles. The molecule has 1 aliphatic heterocycles. The minimum Gasteiger partial charge on any atom is -0.372 e. The van der Waals surface area contributed by atoms with Crippen LogP contribution in [0.4, 0.5) is 15.8 Å². The largest absolute Gasteiger partial charge is 0.372 e. The van der Waals surface area contributed by atoms with Crippen LogP contribution in [0.25, 0.3) is 0 Å². The molecule has 2 N–H and O–H groups in total. The van der Waals surface area contributed by atoms with E-state index >= 15 is 0 Å². The number of rotatable bonds is 4. The predicted octanol–water partition coefficient (Wildman–Crippen LogP) is 4.86. The van der Waals surface area contributed by atoms with Gasteiger partial charge in [0.05, 0.1) is 11.7 Å². The van der Waals surface area contributed by atoms with Crippen molar-refractivity contribution in [2.24, 2.45) is 0 Å². The summed E-state index contributed by atoms with van der Waals surface area (Å²) in [5.41, 5.74) is 2.81. The third kappa shape index (κ3) is 4.69. The van der Waals surface area contributed by atoms with Gasteiger partial charge in [0.1, 0.15) is 5.82 Å². The van der Waals surface area contributed by atoms with Gasteiger partial charge >= 0.3 is 0 Å². The number of halogens is 1. The van der Waals surface area contributed by atoms with Crippen molar-refractivity contribution >= 4 is 28.7 Å². The Kier molecular flexibility index (Phi) is 5.87. The van der Waals surface area contributed by atoms with Gasteiger partial charge in [-0.15, -0.1) is 0 Å². The number of thiocarbonyl (C=S) groups is 1. The highest BCUT2D eigenvalue weighted by Crippen LogP contribution is 2.22. The first kappa shape index (κ1) is 17.7. The molecule has 0 saturated carbocycles.